The first-order valence-corrected chi connectivity index (χ1v) is 11.3. The second-order valence-corrected chi connectivity index (χ2v) is 9.68. The van der Waals surface area contributed by atoms with Crippen LogP contribution in [0.1, 0.15) is 53.0 Å². The molecular weight excluding hydrogens is 442 g/mol. The lowest BCUT2D eigenvalue weighted by Crippen LogP contribution is -2.58. The van der Waals surface area contributed by atoms with Crippen LogP contribution >= 0.6 is 0 Å². The molecule has 34 heavy (non-hydrogen) atoms. The Labute approximate surface area is 199 Å². The van der Waals surface area contributed by atoms with Crippen molar-refractivity contribution in [3.8, 4) is 0 Å². The van der Waals surface area contributed by atoms with E-state index < -0.39 is 53.1 Å². The Balaban J connectivity index is 2.18. The average molecular weight is 478 g/mol. The monoisotopic (exact) mass is 477 g/mol. The second kappa shape index (κ2) is 10.9. The third-order valence-corrected chi connectivity index (χ3v) is 5.82. The van der Waals surface area contributed by atoms with Crippen LogP contribution < -0.4 is 10.6 Å². The Hall–Kier alpha value is -3.14. The van der Waals surface area contributed by atoms with E-state index in [0.29, 0.717) is 25.9 Å². The molecule has 0 aliphatic carbocycles. The summed E-state index contributed by atoms with van der Waals surface area (Å²) in [5.74, 6) is -2.50. The molecule has 10 nitrogen and oxygen atoms in total. The van der Waals surface area contributed by atoms with Gasteiger partial charge in [-0.3, -0.25) is 9.59 Å². The number of nitrogens with zero attached hydrogens (tertiary/aromatic N) is 1. The van der Waals surface area contributed by atoms with Crippen LogP contribution in [0.4, 0.5) is 4.79 Å². The first kappa shape index (κ1) is 27.1. The van der Waals surface area contributed by atoms with Gasteiger partial charge >= 0.3 is 12.1 Å². The van der Waals surface area contributed by atoms with Gasteiger partial charge in [-0.1, -0.05) is 30.3 Å². The molecule has 1 aliphatic rings. The Morgan fingerprint density at radius 3 is 2.06 bits per heavy atom. The van der Waals surface area contributed by atoms with E-state index in [1.165, 1.54) is 13.8 Å². The van der Waals surface area contributed by atoms with Crippen LogP contribution in [0.15, 0.2) is 30.3 Å². The molecule has 4 N–H and O–H groups in total. The number of likely N-dealkylation sites (tertiary alicyclic amines) is 1. The molecule has 1 fully saturated rings. The number of carbonyl (C=O) groups excluding carboxylic acids is 3. The maximum Gasteiger partial charge on any atom is 0.410 e. The number of aliphatic hydroxyl groups excluding tert-OH is 1. The van der Waals surface area contributed by atoms with Crippen LogP contribution in [-0.4, -0.2) is 75.9 Å². The number of carboxylic acid groups (broad SMARTS) is 1. The number of hydrogen-bond donors (Lipinski definition) is 4. The number of aliphatic hydroxyl groups is 1. The van der Waals surface area contributed by atoms with Crippen molar-refractivity contribution in [3.63, 3.8) is 0 Å². The fourth-order valence-electron chi connectivity index (χ4n) is 3.87. The topological polar surface area (TPSA) is 145 Å². The van der Waals surface area contributed by atoms with E-state index in [9.17, 15) is 29.4 Å². The van der Waals surface area contributed by atoms with E-state index in [0.717, 1.165) is 5.56 Å². The van der Waals surface area contributed by atoms with E-state index in [2.05, 4.69) is 10.6 Å². The fraction of sp³-hybridized carbons (Fsp3) is 0.583. The normalized spacial score (nSPS) is 18.2. The predicted molar refractivity (Wildman–Crippen MR) is 124 cm³/mol. The maximum atomic E-state index is 13.5. The van der Waals surface area contributed by atoms with Gasteiger partial charge in [0.05, 0.1) is 11.5 Å². The minimum atomic E-state index is -1.49. The predicted octanol–water partition coefficient (Wildman–Crippen LogP) is 1.41. The lowest BCUT2D eigenvalue weighted by atomic mass is 9.72. The standard InChI is InChI=1S/C24H35N3O7/c1-15(19(29)26-18(16(2)28)20(30)31)25-21(32)24(17-9-7-6-8-10-17)11-13-27(14-12-24)22(33)34-23(3,4)5/h6-10,15-16,18,28H,11-14H2,1-5H3,(H,25,32)(H,26,29)(H,30,31)/t15-,16+,18-/m0/s1. The average Bonchev–Trinajstić information content (AvgIpc) is 2.76. The van der Waals surface area contributed by atoms with E-state index in [1.807, 2.05) is 30.3 Å². The van der Waals surface area contributed by atoms with Gasteiger partial charge < -0.3 is 30.5 Å². The van der Waals surface area contributed by atoms with Crippen molar-refractivity contribution in [1.29, 1.82) is 0 Å². The van der Waals surface area contributed by atoms with Crippen molar-refractivity contribution in [3.05, 3.63) is 35.9 Å². The minimum absolute atomic E-state index is 0.293. The molecule has 1 heterocycles. The number of carboxylic acids is 1. The highest BCUT2D eigenvalue weighted by atomic mass is 16.6. The van der Waals surface area contributed by atoms with E-state index in [4.69, 9.17) is 4.74 Å². The van der Waals surface area contributed by atoms with Gasteiger partial charge in [0.1, 0.15) is 11.6 Å². The molecule has 1 aliphatic heterocycles. The summed E-state index contributed by atoms with van der Waals surface area (Å²) in [5, 5.41) is 23.7. The van der Waals surface area contributed by atoms with Crippen LogP contribution in [0, 0.1) is 0 Å². The largest absolute Gasteiger partial charge is 0.480 e. The zero-order chi connectivity index (χ0) is 25.7. The van der Waals surface area contributed by atoms with Crippen molar-refractivity contribution in [2.45, 2.75) is 76.7 Å². The molecule has 0 radical (unpaired) electrons. The molecular formula is C24H35N3O7. The van der Waals surface area contributed by atoms with Gasteiger partial charge in [-0.15, -0.1) is 0 Å². The fourth-order valence-corrected chi connectivity index (χ4v) is 3.87. The highest BCUT2D eigenvalue weighted by Gasteiger charge is 2.45. The quantitative estimate of drug-likeness (QED) is 0.464. The molecule has 3 amide bonds. The summed E-state index contributed by atoms with van der Waals surface area (Å²) >= 11 is 0. The zero-order valence-electron chi connectivity index (χ0n) is 20.3. The summed E-state index contributed by atoms with van der Waals surface area (Å²) in [6.07, 6.45) is -1.11. The molecule has 0 unspecified atom stereocenters. The molecule has 0 saturated carbocycles. The number of hydrogen-bond acceptors (Lipinski definition) is 6. The number of aliphatic carboxylic acids is 1. The Morgan fingerprint density at radius 2 is 1.59 bits per heavy atom. The second-order valence-electron chi connectivity index (χ2n) is 9.68. The smallest absolute Gasteiger partial charge is 0.410 e. The molecule has 1 saturated heterocycles. The first-order chi connectivity index (χ1) is 15.8. The lowest BCUT2D eigenvalue weighted by Gasteiger charge is -2.41. The van der Waals surface area contributed by atoms with Gasteiger partial charge in [-0.05, 0) is 53.0 Å². The first-order valence-electron chi connectivity index (χ1n) is 11.3. The number of rotatable bonds is 7. The highest BCUT2D eigenvalue weighted by Crippen LogP contribution is 2.36. The van der Waals surface area contributed by atoms with Crippen LogP contribution in [0.3, 0.4) is 0 Å². The number of amides is 3. The summed E-state index contributed by atoms with van der Waals surface area (Å²) in [7, 11) is 0. The van der Waals surface area contributed by atoms with E-state index in [-0.39, 0.29) is 0 Å². The molecule has 0 aromatic heterocycles. The number of piperidine rings is 1. The Morgan fingerprint density at radius 1 is 1.03 bits per heavy atom. The van der Waals surface area contributed by atoms with Crippen LogP contribution in [0.25, 0.3) is 0 Å². The highest BCUT2D eigenvalue weighted by molar-refractivity contribution is 5.94. The van der Waals surface area contributed by atoms with E-state index in [1.54, 1.807) is 25.7 Å². The molecule has 1 aromatic rings. The number of benzene rings is 1. The summed E-state index contributed by atoms with van der Waals surface area (Å²) in [6, 6.07) is 6.61. The summed E-state index contributed by atoms with van der Waals surface area (Å²) in [5.41, 5.74) is -0.855. The number of carbonyl (C=O) groups is 4. The van der Waals surface area contributed by atoms with Gasteiger partial charge in [0, 0.05) is 13.1 Å². The van der Waals surface area contributed by atoms with Crippen LogP contribution in [0.2, 0.25) is 0 Å². The molecule has 10 heteroatoms. The number of ether oxygens (including phenoxy) is 1. The Kier molecular flexibility index (Phi) is 8.66. The molecule has 0 spiro atoms. The van der Waals surface area contributed by atoms with Crippen molar-refractivity contribution >= 4 is 23.9 Å². The van der Waals surface area contributed by atoms with Gasteiger partial charge in [0.2, 0.25) is 11.8 Å². The third-order valence-electron chi connectivity index (χ3n) is 5.82. The molecule has 2 rings (SSSR count). The zero-order valence-corrected chi connectivity index (χ0v) is 20.3. The van der Waals surface area contributed by atoms with Crippen molar-refractivity contribution in [2.75, 3.05) is 13.1 Å². The lowest BCUT2D eigenvalue weighted by molar-refractivity contribution is -0.145. The molecule has 188 valence electrons. The van der Waals surface area contributed by atoms with Crippen molar-refractivity contribution in [2.24, 2.45) is 0 Å². The van der Waals surface area contributed by atoms with Gasteiger partial charge in [-0.25, -0.2) is 9.59 Å². The molecule has 0 bridgehead atoms. The summed E-state index contributed by atoms with van der Waals surface area (Å²) in [6.45, 7) is 8.65. The van der Waals surface area contributed by atoms with Gasteiger partial charge in [-0.2, -0.15) is 0 Å². The van der Waals surface area contributed by atoms with E-state index >= 15 is 0 Å². The van der Waals surface area contributed by atoms with Crippen LogP contribution in [-0.2, 0) is 24.5 Å². The third kappa shape index (κ3) is 6.69. The molecule has 3 atom stereocenters. The van der Waals surface area contributed by atoms with Crippen LogP contribution in [0.5, 0.6) is 0 Å². The Bertz CT molecular complexity index is 888. The van der Waals surface area contributed by atoms with Gasteiger partial charge in [0.15, 0.2) is 6.04 Å². The maximum absolute atomic E-state index is 13.5. The summed E-state index contributed by atoms with van der Waals surface area (Å²) in [4.78, 5) is 51.4. The SMILES string of the molecule is C[C@H](NC(=O)C1(c2ccccc2)CCN(C(=O)OC(C)(C)C)CC1)C(=O)N[C@H](C(=O)O)[C@@H](C)O. The minimum Gasteiger partial charge on any atom is -0.480 e. The van der Waals surface area contributed by atoms with Crippen molar-refractivity contribution < 1.29 is 34.1 Å². The molecule has 1 aromatic carbocycles. The summed E-state index contributed by atoms with van der Waals surface area (Å²) < 4.78 is 5.45. The van der Waals surface area contributed by atoms with Crippen molar-refractivity contribution in [1.82, 2.24) is 15.5 Å². The number of nitrogens with one attached hydrogen (secondary N) is 2. The van der Waals surface area contributed by atoms with Gasteiger partial charge in [0.25, 0.3) is 0 Å².